The summed E-state index contributed by atoms with van der Waals surface area (Å²) < 4.78 is 32.6. The van der Waals surface area contributed by atoms with Gasteiger partial charge in [-0.05, 0) is 30.3 Å². The van der Waals surface area contributed by atoms with E-state index in [-0.39, 0.29) is 21.9 Å². The molecule has 0 unspecified atom stereocenters. The lowest BCUT2D eigenvalue weighted by molar-refractivity contribution is 0.0695. The van der Waals surface area contributed by atoms with E-state index in [4.69, 9.17) is 22.1 Å². The molecule has 1 aromatic heterocycles. The van der Waals surface area contributed by atoms with E-state index in [0.29, 0.717) is 6.07 Å². The molecule has 31 heavy (non-hydrogen) atoms. The van der Waals surface area contributed by atoms with Gasteiger partial charge in [-0.1, -0.05) is 11.6 Å². The summed E-state index contributed by atoms with van der Waals surface area (Å²) in [5.41, 5.74) is 2.19. The Morgan fingerprint density at radius 2 is 1.74 bits per heavy atom. The van der Waals surface area contributed by atoms with Crippen LogP contribution >= 0.6 is 11.6 Å². The van der Waals surface area contributed by atoms with Gasteiger partial charge in [0, 0.05) is 27.8 Å². The van der Waals surface area contributed by atoms with E-state index in [0.717, 1.165) is 12.1 Å². The van der Waals surface area contributed by atoms with E-state index in [9.17, 15) is 33.4 Å². The van der Waals surface area contributed by atoms with Crippen molar-refractivity contribution in [3.63, 3.8) is 0 Å². The van der Waals surface area contributed by atoms with Crippen LogP contribution in [0.4, 0.5) is 14.6 Å². The molecule has 0 bridgehead atoms. The summed E-state index contributed by atoms with van der Waals surface area (Å²) >= 11 is 6.00. The van der Waals surface area contributed by atoms with Crippen LogP contribution < -0.4 is 16.0 Å². The third-order valence-corrected chi connectivity index (χ3v) is 4.52. The molecule has 0 radical (unpaired) electrons. The predicted molar refractivity (Wildman–Crippen MR) is 107 cm³/mol. The Morgan fingerprint density at radius 3 is 2.35 bits per heavy atom. The average Bonchev–Trinajstić information content (AvgIpc) is 2.66. The van der Waals surface area contributed by atoms with Gasteiger partial charge in [0.25, 0.3) is 5.56 Å². The fourth-order valence-electron chi connectivity index (χ4n) is 2.93. The normalized spacial score (nSPS) is 10.7. The lowest BCUT2D eigenvalue weighted by atomic mass is 9.94. The minimum atomic E-state index is -1.71. The molecule has 0 atom stereocenters. The second-order valence-corrected chi connectivity index (χ2v) is 6.70. The van der Waals surface area contributed by atoms with Crippen LogP contribution in [0.25, 0.3) is 11.1 Å². The number of pyridine rings is 1. The van der Waals surface area contributed by atoms with Crippen LogP contribution in [0.15, 0.2) is 41.2 Å². The van der Waals surface area contributed by atoms with Gasteiger partial charge in [0.2, 0.25) is 0 Å². The van der Waals surface area contributed by atoms with Crippen LogP contribution in [0.2, 0.25) is 5.02 Å². The molecule has 5 N–H and O–H groups in total. The Hall–Kier alpha value is -3.92. The molecular formula is C20H13ClF2N2O6. The van der Waals surface area contributed by atoms with Crippen molar-refractivity contribution >= 4 is 29.4 Å². The third-order valence-electron chi connectivity index (χ3n) is 4.28. The highest BCUT2D eigenvalue weighted by Crippen LogP contribution is 2.38. The Morgan fingerprint density at radius 1 is 1.06 bits per heavy atom. The summed E-state index contributed by atoms with van der Waals surface area (Å²) in [4.78, 5) is 37.8. The molecule has 1 heterocycles. The molecule has 0 fully saturated rings. The van der Waals surface area contributed by atoms with E-state index in [2.05, 4.69) is 0 Å². The number of hydrogen-bond acceptors (Lipinski definition) is 5. The summed E-state index contributed by atoms with van der Waals surface area (Å²) in [5, 5.41) is 19.2. The standard InChI is InChI=1S/C20H13ClF2N2O6/c21-9-2-4-13(31-7-8-1-3-10(22)6-12(8)23)11(5-9)14-15(19(27)28)17(24)25-18(26)16(14)20(29)30/h1-6H,7H2,(H,27,28)(H,29,30)(H3,24,25,26). The van der Waals surface area contributed by atoms with Crippen LogP contribution in [0.1, 0.15) is 26.3 Å². The monoisotopic (exact) mass is 450 g/mol. The summed E-state index contributed by atoms with van der Waals surface area (Å²) in [6.45, 7) is -0.412. The zero-order chi connectivity index (χ0) is 22.9. The van der Waals surface area contributed by atoms with Crippen molar-refractivity contribution in [2.24, 2.45) is 0 Å². The van der Waals surface area contributed by atoms with E-state index in [1.165, 1.54) is 18.2 Å². The lowest BCUT2D eigenvalue weighted by Gasteiger charge is -2.17. The van der Waals surface area contributed by atoms with Gasteiger partial charge >= 0.3 is 11.9 Å². The van der Waals surface area contributed by atoms with Gasteiger partial charge in [-0.15, -0.1) is 0 Å². The molecule has 3 rings (SSSR count). The number of nitrogen functional groups attached to an aromatic ring is 1. The number of nitrogens with one attached hydrogen (secondary N) is 1. The fraction of sp³-hybridized carbons (Fsp3) is 0.0500. The molecule has 160 valence electrons. The van der Waals surface area contributed by atoms with E-state index in [1.807, 2.05) is 4.98 Å². The first-order valence-corrected chi connectivity index (χ1v) is 8.87. The maximum atomic E-state index is 13.9. The Balaban J connectivity index is 2.22. The number of carbonyl (C=O) groups is 2. The average molecular weight is 451 g/mol. The number of H-pyrrole nitrogens is 1. The number of carboxylic acids is 2. The molecule has 0 saturated heterocycles. The first-order chi connectivity index (χ1) is 14.6. The topological polar surface area (TPSA) is 143 Å². The highest BCUT2D eigenvalue weighted by molar-refractivity contribution is 6.31. The molecule has 0 spiro atoms. The highest BCUT2D eigenvalue weighted by Gasteiger charge is 2.28. The van der Waals surface area contributed by atoms with Gasteiger partial charge in [-0.3, -0.25) is 4.79 Å². The number of carboxylic acid groups (broad SMARTS) is 2. The molecule has 8 nitrogen and oxygen atoms in total. The van der Waals surface area contributed by atoms with Crippen molar-refractivity contribution in [2.75, 3.05) is 5.73 Å². The van der Waals surface area contributed by atoms with Gasteiger partial charge < -0.3 is 25.7 Å². The first-order valence-electron chi connectivity index (χ1n) is 8.49. The van der Waals surface area contributed by atoms with Gasteiger partial charge in [0.15, 0.2) is 0 Å². The highest BCUT2D eigenvalue weighted by atomic mass is 35.5. The number of nitrogens with two attached hydrogens (primary N) is 1. The quantitative estimate of drug-likeness (QED) is 0.450. The number of ether oxygens (including phenoxy) is 1. The van der Waals surface area contributed by atoms with Gasteiger partial charge in [-0.2, -0.15) is 0 Å². The Kier molecular flexibility index (Phi) is 5.93. The zero-order valence-corrected chi connectivity index (χ0v) is 16.2. The van der Waals surface area contributed by atoms with Crippen molar-refractivity contribution in [3.05, 3.63) is 80.1 Å². The number of aromatic carboxylic acids is 2. The first kappa shape index (κ1) is 21.8. The number of aromatic amines is 1. The minimum absolute atomic E-state index is 0.0235. The number of benzene rings is 2. The molecule has 0 saturated carbocycles. The van der Waals surface area contributed by atoms with E-state index < -0.39 is 58.2 Å². The summed E-state index contributed by atoms with van der Waals surface area (Å²) in [6, 6.07) is 6.66. The van der Waals surface area contributed by atoms with Crippen molar-refractivity contribution in [3.8, 4) is 16.9 Å². The predicted octanol–water partition coefficient (Wildman–Crippen LogP) is 3.53. The van der Waals surface area contributed by atoms with Crippen molar-refractivity contribution in [1.82, 2.24) is 4.98 Å². The minimum Gasteiger partial charge on any atom is -0.488 e. The SMILES string of the molecule is Nc1[nH]c(=O)c(C(=O)O)c(-c2cc(Cl)ccc2OCc2ccc(F)cc2F)c1C(=O)O. The molecule has 0 aliphatic carbocycles. The van der Waals surface area contributed by atoms with Crippen LogP contribution in [0.3, 0.4) is 0 Å². The summed E-state index contributed by atoms with van der Waals surface area (Å²) in [7, 11) is 0. The van der Waals surface area contributed by atoms with E-state index in [1.54, 1.807) is 0 Å². The fourth-order valence-corrected chi connectivity index (χ4v) is 3.11. The molecule has 0 aliphatic rings. The van der Waals surface area contributed by atoms with Gasteiger partial charge in [-0.25, -0.2) is 18.4 Å². The Bertz CT molecular complexity index is 1280. The molecule has 2 aromatic carbocycles. The summed E-state index contributed by atoms with van der Waals surface area (Å²) in [6.07, 6.45) is 0. The van der Waals surface area contributed by atoms with Crippen LogP contribution in [-0.4, -0.2) is 27.1 Å². The maximum absolute atomic E-state index is 13.9. The van der Waals surface area contributed by atoms with Crippen molar-refractivity contribution < 1.29 is 33.3 Å². The maximum Gasteiger partial charge on any atom is 0.342 e. The second-order valence-electron chi connectivity index (χ2n) is 6.27. The van der Waals surface area contributed by atoms with Crippen LogP contribution in [0.5, 0.6) is 5.75 Å². The molecule has 0 amide bonds. The van der Waals surface area contributed by atoms with E-state index >= 15 is 0 Å². The lowest BCUT2D eigenvalue weighted by Crippen LogP contribution is -2.24. The smallest absolute Gasteiger partial charge is 0.342 e. The van der Waals surface area contributed by atoms with Crippen molar-refractivity contribution in [1.29, 1.82) is 0 Å². The molecule has 11 heteroatoms. The van der Waals surface area contributed by atoms with Gasteiger partial charge in [0.1, 0.15) is 40.9 Å². The zero-order valence-electron chi connectivity index (χ0n) is 15.4. The third kappa shape index (κ3) is 4.33. The van der Waals surface area contributed by atoms with Crippen LogP contribution in [-0.2, 0) is 6.61 Å². The van der Waals surface area contributed by atoms with Crippen molar-refractivity contribution in [2.45, 2.75) is 6.61 Å². The molecule has 0 aliphatic heterocycles. The number of anilines is 1. The Labute approximate surface area is 177 Å². The number of hydrogen-bond donors (Lipinski definition) is 4. The van der Waals surface area contributed by atoms with Crippen LogP contribution in [0, 0.1) is 11.6 Å². The molecular weight excluding hydrogens is 438 g/mol. The largest absolute Gasteiger partial charge is 0.488 e. The second kappa shape index (κ2) is 8.44. The number of halogens is 3. The summed E-state index contributed by atoms with van der Waals surface area (Å²) in [5.74, 6) is -5.68. The van der Waals surface area contributed by atoms with Gasteiger partial charge in [0.05, 0.1) is 0 Å². The number of aromatic nitrogens is 1. The molecule has 3 aromatic rings. The number of rotatable bonds is 6.